The minimum absolute atomic E-state index is 0.0814. The number of phenolic OH excluding ortho intramolecular Hbond substituents is 2. The maximum Gasteiger partial charge on any atom is 0.192 e. The van der Waals surface area contributed by atoms with E-state index in [-0.39, 0.29) is 17.5 Å². The third-order valence-electron chi connectivity index (χ3n) is 3.27. The molecule has 0 bridgehead atoms. The molecule has 3 aromatic rings. The molecule has 7 nitrogen and oxygen atoms in total. The van der Waals surface area contributed by atoms with Crippen LogP contribution in [0.3, 0.4) is 0 Å². The summed E-state index contributed by atoms with van der Waals surface area (Å²) in [6.07, 6.45) is 0.367. The summed E-state index contributed by atoms with van der Waals surface area (Å²) in [5.41, 5.74) is 12.4. The highest BCUT2D eigenvalue weighted by atomic mass is 16.3. The molecular formula is C16H15N5O2. The van der Waals surface area contributed by atoms with Gasteiger partial charge in [0.2, 0.25) is 0 Å². The van der Waals surface area contributed by atoms with E-state index in [1.807, 2.05) is 24.3 Å². The van der Waals surface area contributed by atoms with Gasteiger partial charge in [-0.25, -0.2) is 9.97 Å². The number of hydrogen-bond donors (Lipinski definition) is 4. The number of aromatic nitrogens is 2. The lowest BCUT2D eigenvalue weighted by molar-refractivity contribution is 0.403. The molecule has 0 aliphatic heterocycles. The first-order valence-electron chi connectivity index (χ1n) is 6.89. The second-order valence-electron chi connectivity index (χ2n) is 5.02. The van der Waals surface area contributed by atoms with E-state index in [4.69, 9.17) is 11.5 Å². The lowest BCUT2D eigenvalue weighted by Crippen LogP contribution is -2.22. The predicted molar refractivity (Wildman–Crippen MR) is 87.6 cm³/mol. The number of guanidine groups is 1. The zero-order valence-corrected chi connectivity index (χ0v) is 12.1. The molecule has 0 fully saturated rings. The number of fused-ring (bicyclic) bond motifs is 1. The Morgan fingerprint density at radius 1 is 1.00 bits per heavy atom. The quantitative estimate of drug-likeness (QED) is 0.330. The Balaban J connectivity index is 2.07. The minimum atomic E-state index is -0.187. The molecule has 0 aliphatic carbocycles. The lowest BCUT2D eigenvalue weighted by atomic mass is 10.1. The number of aromatic hydroxyl groups is 2. The predicted octanol–water partition coefficient (Wildman–Crippen LogP) is 1.54. The van der Waals surface area contributed by atoms with Gasteiger partial charge in [-0.2, -0.15) is 4.99 Å². The summed E-state index contributed by atoms with van der Waals surface area (Å²) in [6.45, 7) is 0. The van der Waals surface area contributed by atoms with Crippen LogP contribution >= 0.6 is 0 Å². The molecule has 0 radical (unpaired) electrons. The molecule has 0 saturated heterocycles. The van der Waals surface area contributed by atoms with E-state index >= 15 is 0 Å². The molecule has 116 valence electrons. The number of hydrogen-bond acceptors (Lipinski definition) is 5. The molecule has 7 heteroatoms. The summed E-state index contributed by atoms with van der Waals surface area (Å²) < 4.78 is 0. The van der Waals surface area contributed by atoms with Gasteiger partial charge in [0.15, 0.2) is 23.3 Å². The standard InChI is InChI=1S/C16H15N5O2/c17-16(18)21-15-10-3-1-2-4-11(10)19-14(20-15)8-9-5-6-12(22)13(23)7-9/h1-7,22-23H,8H2,(H4,17,18,19,20,21). The van der Waals surface area contributed by atoms with Crippen LogP contribution in [0.15, 0.2) is 47.5 Å². The van der Waals surface area contributed by atoms with Crippen molar-refractivity contribution in [3.05, 3.63) is 53.9 Å². The molecule has 0 atom stereocenters. The van der Waals surface area contributed by atoms with Gasteiger partial charge in [-0.3, -0.25) is 0 Å². The van der Waals surface area contributed by atoms with E-state index in [0.29, 0.717) is 18.1 Å². The van der Waals surface area contributed by atoms with Gasteiger partial charge >= 0.3 is 0 Å². The van der Waals surface area contributed by atoms with Crippen LogP contribution in [0.2, 0.25) is 0 Å². The van der Waals surface area contributed by atoms with Crippen LogP contribution < -0.4 is 11.5 Å². The van der Waals surface area contributed by atoms with Crippen LogP contribution in [-0.2, 0) is 6.42 Å². The smallest absolute Gasteiger partial charge is 0.192 e. The van der Waals surface area contributed by atoms with Crippen molar-refractivity contribution >= 4 is 22.7 Å². The number of nitrogens with zero attached hydrogens (tertiary/aromatic N) is 3. The van der Waals surface area contributed by atoms with Crippen molar-refractivity contribution in [2.75, 3.05) is 0 Å². The minimum Gasteiger partial charge on any atom is -0.504 e. The number of aliphatic imine (C=N–C) groups is 1. The van der Waals surface area contributed by atoms with E-state index in [9.17, 15) is 10.2 Å². The molecule has 6 N–H and O–H groups in total. The Kier molecular flexibility index (Phi) is 3.68. The van der Waals surface area contributed by atoms with E-state index in [1.165, 1.54) is 12.1 Å². The fraction of sp³-hybridized carbons (Fsp3) is 0.0625. The van der Waals surface area contributed by atoms with Crippen LogP contribution in [0, 0.1) is 0 Å². The van der Waals surface area contributed by atoms with Gasteiger partial charge in [-0.15, -0.1) is 0 Å². The molecular weight excluding hydrogens is 294 g/mol. The van der Waals surface area contributed by atoms with Gasteiger partial charge in [0.25, 0.3) is 0 Å². The van der Waals surface area contributed by atoms with Crippen LogP contribution in [0.25, 0.3) is 10.9 Å². The molecule has 0 saturated carbocycles. The summed E-state index contributed by atoms with van der Waals surface area (Å²) >= 11 is 0. The Bertz CT molecular complexity index is 904. The average Bonchev–Trinajstić information content (AvgIpc) is 2.50. The summed E-state index contributed by atoms with van der Waals surface area (Å²) in [5.74, 6) is 0.464. The third-order valence-corrected chi connectivity index (χ3v) is 3.27. The molecule has 2 aromatic carbocycles. The molecule has 0 spiro atoms. The van der Waals surface area contributed by atoms with Gasteiger partial charge in [-0.05, 0) is 29.8 Å². The number of benzene rings is 2. The first-order valence-corrected chi connectivity index (χ1v) is 6.89. The van der Waals surface area contributed by atoms with Crippen molar-refractivity contribution in [3.8, 4) is 11.5 Å². The molecule has 1 heterocycles. The van der Waals surface area contributed by atoms with Crippen molar-refractivity contribution in [1.29, 1.82) is 0 Å². The van der Waals surface area contributed by atoms with Crippen molar-refractivity contribution in [1.82, 2.24) is 9.97 Å². The number of phenols is 2. The van der Waals surface area contributed by atoms with Crippen molar-refractivity contribution in [3.63, 3.8) is 0 Å². The van der Waals surface area contributed by atoms with Gasteiger partial charge in [0.05, 0.1) is 5.52 Å². The van der Waals surface area contributed by atoms with Gasteiger partial charge in [0.1, 0.15) is 5.82 Å². The lowest BCUT2D eigenvalue weighted by Gasteiger charge is -2.07. The SMILES string of the molecule is NC(N)=Nc1nc(Cc2ccc(O)c(O)c2)nc2ccccc12. The highest BCUT2D eigenvalue weighted by Crippen LogP contribution is 2.27. The monoisotopic (exact) mass is 309 g/mol. The van der Waals surface area contributed by atoms with Gasteiger partial charge in [-0.1, -0.05) is 18.2 Å². The largest absolute Gasteiger partial charge is 0.504 e. The first kappa shape index (κ1) is 14.6. The first-order chi connectivity index (χ1) is 11.0. The van der Waals surface area contributed by atoms with E-state index in [2.05, 4.69) is 15.0 Å². The maximum absolute atomic E-state index is 9.58. The number of rotatable bonds is 3. The van der Waals surface area contributed by atoms with Crippen molar-refractivity contribution in [2.24, 2.45) is 16.5 Å². The highest BCUT2D eigenvalue weighted by molar-refractivity contribution is 5.91. The van der Waals surface area contributed by atoms with E-state index in [1.54, 1.807) is 6.07 Å². The second-order valence-corrected chi connectivity index (χ2v) is 5.02. The zero-order chi connectivity index (χ0) is 16.4. The molecule has 3 rings (SSSR count). The summed E-state index contributed by atoms with van der Waals surface area (Å²) in [6, 6.07) is 12.0. The molecule has 0 amide bonds. The number of nitrogens with two attached hydrogens (primary N) is 2. The highest BCUT2D eigenvalue weighted by Gasteiger charge is 2.09. The number of para-hydroxylation sites is 1. The third kappa shape index (κ3) is 3.13. The van der Waals surface area contributed by atoms with Crippen molar-refractivity contribution < 1.29 is 10.2 Å². The molecule has 0 aliphatic rings. The van der Waals surface area contributed by atoms with E-state index in [0.717, 1.165) is 16.5 Å². The summed E-state index contributed by atoms with van der Waals surface area (Å²) in [7, 11) is 0. The fourth-order valence-electron chi connectivity index (χ4n) is 2.25. The summed E-state index contributed by atoms with van der Waals surface area (Å²) in [5, 5.41) is 19.7. The zero-order valence-electron chi connectivity index (χ0n) is 12.1. The van der Waals surface area contributed by atoms with Crippen LogP contribution in [0.1, 0.15) is 11.4 Å². The van der Waals surface area contributed by atoms with Crippen molar-refractivity contribution in [2.45, 2.75) is 6.42 Å². The van der Waals surface area contributed by atoms with Crippen LogP contribution in [0.5, 0.6) is 11.5 Å². The Labute approximate surface area is 132 Å². The summed E-state index contributed by atoms with van der Waals surface area (Å²) in [4.78, 5) is 12.9. The van der Waals surface area contributed by atoms with Gasteiger partial charge in [0, 0.05) is 11.8 Å². The second kappa shape index (κ2) is 5.80. The van der Waals surface area contributed by atoms with Crippen LogP contribution in [0.4, 0.5) is 5.82 Å². The average molecular weight is 309 g/mol. The molecule has 0 unspecified atom stereocenters. The Morgan fingerprint density at radius 3 is 2.52 bits per heavy atom. The normalized spacial score (nSPS) is 10.6. The Hall–Kier alpha value is -3.35. The molecule has 1 aromatic heterocycles. The Morgan fingerprint density at radius 2 is 1.78 bits per heavy atom. The van der Waals surface area contributed by atoms with Crippen LogP contribution in [-0.4, -0.2) is 26.1 Å². The topological polar surface area (TPSA) is 131 Å². The van der Waals surface area contributed by atoms with Gasteiger partial charge < -0.3 is 21.7 Å². The van der Waals surface area contributed by atoms with E-state index < -0.39 is 0 Å². The molecule has 23 heavy (non-hydrogen) atoms. The maximum atomic E-state index is 9.58. The fourth-order valence-corrected chi connectivity index (χ4v) is 2.25.